The summed E-state index contributed by atoms with van der Waals surface area (Å²) >= 11 is 5.86. The predicted molar refractivity (Wildman–Crippen MR) is 71.7 cm³/mol. The number of halogens is 1. The van der Waals surface area contributed by atoms with E-state index in [2.05, 4.69) is 4.98 Å². The van der Waals surface area contributed by atoms with Crippen LogP contribution in [0.3, 0.4) is 0 Å². The van der Waals surface area contributed by atoms with E-state index < -0.39 is 0 Å². The third-order valence-corrected chi connectivity index (χ3v) is 2.76. The summed E-state index contributed by atoms with van der Waals surface area (Å²) in [5.41, 5.74) is 0.889. The van der Waals surface area contributed by atoms with Crippen LogP contribution >= 0.6 is 11.6 Å². The average Bonchev–Trinajstić information content (AvgIpc) is 2.37. The van der Waals surface area contributed by atoms with E-state index in [9.17, 15) is 0 Å². The number of rotatable bonds is 4. The van der Waals surface area contributed by atoms with Crippen molar-refractivity contribution in [3.8, 4) is 17.2 Å². The number of hydrogen-bond donors (Lipinski definition) is 0. The van der Waals surface area contributed by atoms with E-state index in [1.807, 2.05) is 44.2 Å². The van der Waals surface area contributed by atoms with Gasteiger partial charge in [-0.3, -0.25) is 0 Å². The molecule has 94 valence electrons. The molecule has 0 N–H and O–H groups in total. The van der Waals surface area contributed by atoms with E-state index in [0.29, 0.717) is 17.5 Å². The van der Waals surface area contributed by atoms with Gasteiger partial charge in [0.2, 0.25) is 0 Å². The lowest BCUT2D eigenvalue weighted by Crippen LogP contribution is -1.91. The molecule has 18 heavy (non-hydrogen) atoms. The summed E-state index contributed by atoms with van der Waals surface area (Å²) in [6, 6.07) is 9.31. The van der Waals surface area contributed by atoms with Gasteiger partial charge in [0, 0.05) is 0 Å². The van der Waals surface area contributed by atoms with Gasteiger partial charge < -0.3 is 9.47 Å². The van der Waals surface area contributed by atoms with Crippen LogP contribution in [-0.4, -0.2) is 11.6 Å². The van der Waals surface area contributed by atoms with Crippen molar-refractivity contribution in [1.82, 2.24) is 4.98 Å². The van der Waals surface area contributed by atoms with E-state index in [1.54, 1.807) is 6.20 Å². The lowest BCUT2D eigenvalue weighted by atomic mass is 10.3. The van der Waals surface area contributed by atoms with Gasteiger partial charge in [0.1, 0.15) is 22.4 Å². The largest absolute Gasteiger partial charge is 0.494 e. The van der Waals surface area contributed by atoms with Gasteiger partial charge in [0.05, 0.1) is 12.8 Å². The number of nitrogens with zero attached hydrogens (tertiary/aromatic N) is 1. The lowest BCUT2D eigenvalue weighted by Gasteiger charge is -2.08. The Balaban J connectivity index is 2.10. The van der Waals surface area contributed by atoms with Gasteiger partial charge in [0.15, 0.2) is 0 Å². The summed E-state index contributed by atoms with van der Waals surface area (Å²) in [5, 5.41) is 0.494. The van der Waals surface area contributed by atoms with E-state index in [1.165, 1.54) is 0 Å². The normalized spacial score (nSPS) is 10.2. The van der Waals surface area contributed by atoms with Gasteiger partial charge in [-0.25, -0.2) is 4.98 Å². The first-order valence-electron chi connectivity index (χ1n) is 5.72. The number of ether oxygens (including phenoxy) is 2. The molecule has 2 aromatic rings. The van der Waals surface area contributed by atoms with Crippen LogP contribution in [0.25, 0.3) is 0 Å². The van der Waals surface area contributed by atoms with Gasteiger partial charge in [-0.05, 0) is 49.7 Å². The molecule has 2 rings (SSSR count). The molecule has 0 aliphatic heterocycles. The first-order chi connectivity index (χ1) is 8.69. The Labute approximate surface area is 111 Å². The van der Waals surface area contributed by atoms with Crippen molar-refractivity contribution >= 4 is 11.6 Å². The number of benzene rings is 1. The predicted octanol–water partition coefficient (Wildman–Crippen LogP) is 4.23. The summed E-state index contributed by atoms with van der Waals surface area (Å²) in [4.78, 5) is 4.04. The number of pyridine rings is 1. The summed E-state index contributed by atoms with van der Waals surface area (Å²) in [7, 11) is 0. The monoisotopic (exact) mass is 263 g/mol. The van der Waals surface area contributed by atoms with E-state index >= 15 is 0 Å². The first kappa shape index (κ1) is 12.7. The molecule has 0 bridgehead atoms. The Morgan fingerprint density at radius 3 is 2.39 bits per heavy atom. The molecule has 0 aliphatic carbocycles. The Hall–Kier alpha value is -1.74. The second-order valence-corrected chi connectivity index (χ2v) is 4.14. The maximum absolute atomic E-state index is 5.86. The summed E-state index contributed by atoms with van der Waals surface area (Å²) in [6.07, 6.45) is 1.60. The molecule has 1 aromatic carbocycles. The van der Waals surface area contributed by atoms with Crippen LogP contribution in [0, 0.1) is 6.92 Å². The van der Waals surface area contributed by atoms with Crippen LogP contribution in [0.1, 0.15) is 12.5 Å². The second-order valence-electron chi connectivity index (χ2n) is 3.79. The molecule has 3 nitrogen and oxygen atoms in total. The molecule has 4 heteroatoms. The summed E-state index contributed by atoms with van der Waals surface area (Å²) in [5.74, 6) is 2.23. The fourth-order valence-electron chi connectivity index (χ4n) is 1.49. The van der Waals surface area contributed by atoms with Crippen molar-refractivity contribution in [3.05, 3.63) is 47.2 Å². The highest BCUT2D eigenvalue weighted by molar-refractivity contribution is 6.30. The molecule has 0 fully saturated rings. The zero-order valence-corrected chi connectivity index (χ0v) is 11.1. The molecule has 0 aliphatic rings. The van der Waals surface area contributed by atoms with Gasteiger partial charge >= 0.3 is 0 Å². The molecule has 0 atom stereocenters. The fraction of sp³-hybridized carbons (Fsp3) is 0.214. The number of aryl methyl sites for hydroxylation is 1. The number of aromatic nitrogens is 1. The standard InChI is InChI=1S/C14H14ClNO2/c1-3-17-11-4-6-12(7-5-11)18-13-8-10(2)14(15)16-9-13/h4-9H,3H2,1-2H3. The molecule has 0 radical (unpaired) electrons. The minimum atomic E-state index is 0.494. The average molecular weight is 264 g/mol. The highest BCUT2D eigenvalue weighted by atomic mass is 35.5. The Morgan fingerprint density at radius 2 is 1.78 bits per heavy atom. The molecule has 0 unspecified atom stereocenters. The molecular formula is C14H14ClNO2. The van der Waals surface area contributed by atoms with E-state index in [-0.39, 0.29) is 0 Å². The van der Waals surface area contributed by atoms with Crippen molar-refractivity contribution in [2.75, 3.05) is 6.61 Å². The minimum Gasteiger partial charge on any atom is -0.494 e. The molecule has 0 saturated carbocycles. The maximum atomic E-state index is 5.86. The summed E-state index contributed by atoms with van der Waals surface area (Å²) < 4.78 is 11.0. The molecule has 0 saturated heterocycles. The molecule has 0 amide bonds. The van der Waals surface area contributed by atoms with E-state index in [0.717, 1.165) is 17.1 Å². The molecular weight excluding hydrogens is 250 g/mol. The third-order valence-electron chi connectivity index (χ3n) is 2.36. The van der Waals surface area contributed by atoms with Crippen LogP contribution < -0.4 is 9.47 Å². The smallest absolute Gasteiger partial charge is 0.146 e. The highest BCUT2D eigenvalue weighted by Gasteiger charge is 2.02. The number of hydrogen-bond acceptors (Lipinski definition) is 3. The summed E-state index contributed by atoms with van der Waals surface area (Å²) in [6.45, 7) is 4.49. The van der Waals surface area contributed by atoms with Crippen molar-refractivity contribution in [3.63, 3.8) is 0 Å². The topological polar surface area (TPSA) is 31.4 Å². The van der Waals surface area contributed by atoms with Crippen molar-refractivity contribution in [1.29, 1.82) is 0 Å². The van der Waals surface area contributed by atoms with Crippen molar-refractivity contribution in [2.45, 2.75) is 13.8 Å². The molecule has 1 heterocycles. The minimum absolute atomic E-state index is 0.494. The van der Waals surface area contributed by atoms with Crippen LogP contribution in [0.15, 0.2) is 36.5 Å². The second kappa shape index (κ2) is 5.74. The van der Waals surface area contributed by atoms with Crippen molar-refractivity contribution < 1.29 is 9.47 Å². The van der Waals surface area contributed by atoms with Gasteiger partial charge in [0.25, 0.3) is 0 Å². The van der Waals surface area contributed by atoms with Gasteiger partial charge in [-0.15, -0.1) is 0 Å². The molecule has 1 aromatic heterocycles. The van der Waals surface area contributed by atoms with Gasteiger partial charge in [-0.1, -0.05) is 11.6 Å². The van der Waals surface area contributed by atoms with Crippen LogP contribution in [0.4, 0.5) is 0 Å². The Kier molecular flexibility index (Phi) is 4.05. The van der Waals surface area contributed by atoms with Crippen LogP contribution in [-0.2, 0) is 0 Å². The SMILES string of the molecule is CCOc1ccc(Oc2cnc(Cl)c(C)c2)cc1. The molecule has 0 spiro atoms. The zero-order chi connectivity index (χ0) is 13.0. The van der Waals surface area contributed by atoms with E-state index in [4.69, 9.17) is 21.1 Å². The lowest BCUT2D eigenvalue weighted by molar-refractivity contribution is 0.339. The van der Waals surface area contributed by atoms with Crippen LogP contribution in [0.5, 0.6) is 17.2 Å². The zero-order valence-electron chi connectivity index (χ0n) is 10.3. The van der Waals surface area contributed by atoms with Crippen LogP contribution in [0.2, 0.25) is 5.15 Å². The fourth-order valence-corrected chi connectivity index (χ4v) is 1.60. The third kappa shape index (κ3) is 3.14. The highest BCUT2D eigenvalue weighted by Crippen LogP contribution is 2.25. The van der Waals surface area contributed by atoms with Gasteiger partial charge in [-0.2, -0.15) is 0 Å². The van der Waals surface area contributed by atoms with Crippen molar-refractivity contribution in [2.24, 2.45) is 0 Å². The Bertz CT molecular complexity index is 526. The Morgan fingerprint density at radius 1 is 1.11 bits per heavy atom. The maximum Gasteiger partial charge on any atom is 0.146 e. The quantitative estimate of drug-likeness (QED) is 0.774. The first-order valence-corrected chi connectivity index (χ1v) is 6.09.